The minimum absolute atomic E-state index is 0.337. The van der Waals surface area contributed by atoms with Crippen molar-refractivity contribution in [1.29, 1.82) is 0 Å². The summed E-state index contributed by atoms with van der Waals surface area (Å²) in [6, 6.07) is 23.7. The van der Waals surface area contributed by atoms with Crippen molar-refractivity contribution in [3.63, 3.8) is 0 Å². The Morgan fingerprint density at radius 1 is 1.00 bits per heavy atom. The van der Waals surface area contributed by atoms with E-state index in [2.05, 4.69) is 54.9 Å². The zero-order valence-electron chi connectivity index (χ0n) is 15.1. The minimum Gasteiger partial charge on any atom is -0.272 e. The van der Waals surface area contributed by atoms with Gasteiger partial charge in [0.25, 0.3) is 5.91 Å². The number of hydrogen-bond acceptors (Lipinski definition) is 3. The van der Waals surface area contributed by atoms with Gasteiger partial charge < -0.3 is 0 Å². The molecule has 0 bridgehead atoms. The van der Waals surface area contributed by atoms with Gasteiger partial charge in [-0.15, -0.1) is 0 Å². The fraction of sp³-hybridized carbons (Fsp3) is 0.0455. The maximum atomic E-state index is 12.4. The molecule has 3 aromatic carbocycles. The fourth-order valence-electron chi connectivity index (χ4n) is 2.88. The monoisotopic (exact) mass is 432 g/mol. The molecule has 0 atom stereocenters. The molecule has 0 fully saturated rings. The molecule has 1 amide bonds. The molecule has 0 aliphatic rings. The molecule has 6 heteroatoms. The van der Waals surface area contributed by atoms with Gasteiger partial charge in [0.15, 0.2) is 0 Å². The van der Waals surface area contributed by atoms with Crippen LogP contribution in [0.4, 0.5) is 0 Å². The Hall–Kier alpha value is -3.25. The number of carbonyl (C=O) groups excluding carboxylic acids is 1. The van der Waals surface area contributed by atoms with Crippen LogP contribution in [-0.2, 0) is 0 Å². The number of benzene rings is 3. The highest BCUT2D eigenvalue weighted by atomic mass is 79.9. The molecule has 0 spiro atoms. The smallest absolute Gasteiger partial charge is 0.272 e. The Bertz CT molecular complexity index is 1180. The quantitative estimate of drug-likeness (QED) is 0.345. The lowest BCUT2D eigenvalue weighted by molar-refractivity contribution is 0.0950. The molecule has 0 aliphatic heterocycles. The second kappa shape index (κ2) is 7.78. The summed E-state index contributed by atoms with van der Waals surface area (Å²) in [5.74, 6) is -0.337. The van der Waals surface area contributed by atoms with Gasteiger partial charge in [-0.1, -0.05) is 64.5 Å². The van der Waals surface area contributed by atoms with Crippen LogP contribution in [0, 0.1) is 0 Å². The highest BCUT2D eigenvalue weighted by Crippen LogP contribution is 2.20. The Labute approximate surface area is 170 Å². The molecule has 2 N–H and O–H groups in total. The van der Waals surface area contributed by atoms with Crippen molar-refractivity contribution in [1.82, 2.24) is 15.6 Å². The number of carbonyl (C=O) groups is 1. The highest BCUT2D eigenvalue weighted by Gasteiger charge is 2.11. The number of H-pyrrole nitrogens is 1. The number of hydrazone groups is 1. The largest absolute Gasteiger partial charge is 0.289 e. The third kappa shape index (κ3) is 3.87. The van der Waals surface area contributed by atoms with E-state index in [0.29, 0.717) is 11.4 Å². The van der Waals surface area contributed by atoms with E-state index in [9.17, 15) is 4.79 Å². The molecular formula is C22H17BrN4O. The van der Waals surface area contributed by atoms with Gasteiger partial charge in [0.1, 0.15) is 5.69 Å². The number of aromatic amines is 1. The van der Waals surface area contributed by atoms with Crippen molar-refractivity contribution in [3.05, 3.63) is 88.5 Å². The van der Waals surface area contributed by atoms with Crippen molar-refractivity contribution in [2.24, 2.45) is 5.10 Å². The Morgan fingerprint density at radius 3 is 2.54 bits per heavy atom. The first-order valence-corrected chi connectivity index (χ1v) is 9.54. The van der Waals surface area contributed by atoms with Crippen LogP contribution >= 0.6 is 15.9 Å². The lowest BCUT2D eigenvalue weighted by Gasteiger charge is -2.04. The van der Waals surface area contributed by atoms with Gasteiger partial charge in [0.05, 0.1) is 11.4 Å². The predicted octanol–water partition coefficient (Wildman–Crippen LogP) is 5.15. The van der Waals surface area contributed by atoms with Crippen molar-refractivity contribution >= 4 is 38.3 Å². The fourth-order valence-corrected chi connectivity index (χ4v) is 3.14. The van der Waals surface area contributed by atoms with E-state index in [4.69, 9.17) is 0 Å². The molecule has 0 unspecified atom stereocenters. The molecule has 4 rings (SSSR count). The summed E-state index contributed by atoms with van der Waals surface area (Å²) in [6.07, 6.45) is 0. The topological polar surface area (TPSA) is 70.1 Å². The minimum atomic E-state index is -0.337. The SMILES string of the molecule is C/C(=N\NC(=O)c1cc(-c2ccc(Br)cc2)n[nH]1)c1ccc2ccccc2c1. The molecule has 4 aromatic rings. The van der Waals surface area contributed by atoms with Crippen LogP contribution in [-0.4, -0.2) is 21.8 Å². The maximum absolute atomic E-state index is 12.4. The van der Waals surface area contributed by atoms with E-state index < -0.39 is 0 Å². The van der Waals surface area contributed by atoms with E-state index in [1.54, 1.807) is 6.07 Å². The predicted molar refractivity (Wildman–Crippen MR) is 115 cm³/mol. The summed E-state index contributed by atoms with van der Waals surface area (Å²) < 4.78 is 0.989. The highest BCUT2D eigenvalue weighted by molar-refractivity contribution is 9.10. The van der Waals surface area contributed by atoms with Gasteiger partial charge in [0, 0.05) is 10.0 Å². The molecule has 5 nitrogen and oxygen atoms in total. The summed E-state index contributed by atoms with van der Waals surface area (Å²) in [7, 11) is 0. The lowest BCUT2D eigenvalue weighted by Crippen LogP contribution is -2.19. The zero-order chi connectivity index (χ0) is 19.5. The average Bonchev–Trinajstić information content (AvgIpc) is 3.22. The number of nitrogens with one attached hydrogen (secondary N) is 2. The van der Waals surface area contributed by atoms with Crippen LogP contribution in [0.2, 0.25) is 0 Å². The molecule has 0 saturated heterocycles. The molecule has 0 aliphatic carbocycles. The van der Waals surface area contributed by atoms with Crippen LogP contribution in [0.5, 0.6) is 0 Å². The molecule has 0 saturated carbocycles. The molecule has 138 valence electrons. The Kier molecular flexibility index (Phi) is 5.04. The first-order valence-electron chi connectivity index (χ1n) is 8.75. The van der Waals surface area contributed by atoms with Crippen LogP contribution in [0.1, 0.15) is 23.0 Å². The number of aromatic nitrogens is 2. The van der Waals surface area contributed by atoms with E-state index in [-0.39, 0.29) is 5.91 Å². The van der Waals surface area contributed by atoms with Gasteiger partial charge in [-0.25, -0.2) is 5.43 Å². The van der Waals surface area contributed by atoms with Gasteiger partial charge in [-0.05, 0) is 47.5 Å². The second-order valence-corrected chi connectivity index (χ2v) is 7.29. The molecule has 28 heavy (non-hydrogen) atoms. The normalized spacial score (nSPS) is 11.6. The molecule has 0 radical (unpaired) electrons. The third-order valence-corrected chi connectivity index (χ3v) is 4.98. The number of fused-ring (bicyclic) bond motifs is 1. The van der Waals surface area contributed by atoms with Crippen LogP contribution < -0.4 is 5.43 Å². The van der Waals surface area contributed by atoms with Crippen LogP contribution in [0.15, 0.2) is 82.4 Å². The van der Waals surface area contributed by atoms with Gasteiger partial charge >= 0.3 is 0 Å². The summed E-state index contributed by atoms with van der Waals surface area (Å²) in [5.41, 5.74) is 6.26. The lowest BCUT2D eigenvalue weighted by atomic mass is 10.0. The number of nitrogens with zero attached hydrogens (tertiary/aromatic N) is 2. The maximum Gasteiger partial charge on any atom is 0.289 e. The number of hydrogen-bond donors (Lipinski definition) is 2. The van der Waals surface area contributed by atoms with Crippen molar-refractivity contribution in [2.75, 3.05) is 0 Å². The van der Waals surface area contributed by atoms with Crippen LogP contribution in [0.3, 0.4) is 0 Å². The number of halogens is 1. The van der Waals surface area contributed by atoms with Gasteiger partial charge in [-0.2, -0.15) is 10.2 Å². The van der Waals surface area contributed by atoms with Crippen molar-refractivity contribution in [3.8, 4) is 11.3 Å². The van der Waals surface area contributed by atoms with E-state index in [0.717, 1.165) is 26.7 Å². The first-order chi connectivity index (χ1) is 13.6. The second-order valence-electron chi connectivity index (χ2n) is 6.37. The average molecular weight is 433 g/mol. The summed E-state index contributed by atoms with van der Waals surface area (Å²) >= 11 is 3.41. The zero-order valence-corrected chi connectivity index (χ0v) is 16.7. The van der Waals surface area contributed by atoms with Crippen molar-refractivity contribution < 1.29 is 4.79 Å². The van der Waals surface area contributed by atoms with Crippen molar-refractivity contribution in [2.45, 2.75) is 6.92 Å². The van der Waals surface area contributed by atoms with E-state index in [1.807, 2.05) is 55.5 Å². The van der Waals surface area contributed by atoms with E-state index in [1.165, 1.54) is 5.39 Å². The van der Waals surface area contributed by atoms with Crippen LogP contribution in [0.25, 0.3) is 22.0 Å². The van der Waals surface area contributed by atoms with Gasteiger partial charge in [0.2, 0.25) is 0 Å². The molecular weight excluding hydrogens is 416 g/mol. The Morgan fingerprint density at radius 2 is 1.75 bits per heavy atom. The summed E-state index contributed by atoms with van der Waals surface area (Å²) in [4.78, 5) is 12.4. The Balaban J connectivity index is 1.49. The van der Waals surface area contributed by atoms with Gasteiger partial charge in [-0.3, -0.25) is 9.89 Å². The molecule has 1 heterocycles. The summed E-state index contributed by atoms with van der Waals surface area (Å²) in [5, 5.41) is 13.5. The summed E-state index contributed by atoms with van der Waals surface area (Å²) in [6.45, 7) is 1.87. The van der Waals surface area contributed by atoms with E-state index >= 15 is 0 Å². The number of rotatable bonds is 4. The number of amides is 1. The first kappa shape index (κ1) is 18.1. The standard InChI is InChI=1S/C22H17BrN4O/c1-14(17-7-6-15-4-2-3-5-18(15)12-17)24-27-22(28)21-13-20(25-26-21)16-8-10-19(23)11-9-16/h2-13H,1H3,(H,25,26)(H,27,28)/b24-14+. The third-order valence-electron chi connectivity index (χ3n) is 4.45. The molecule has 1 aromatic heterocycles.